The Balaban J connectivity index is 2.33. The molecule has 1 saturated heterocycles. The molecule has 1 fully saturated rings. The van der Waals surface area contributed by atoms with Gasteiger partial charge in [0.1, 0.15) is 24.4 Å². The Hall–Kier alpha value is -2.41. The van der Waals surface area contributed by atoms with Crippen molar-refractivity contribution in [2.45, 2.75) is 37.6 Å². The fourth-order valence-electron chi connectivity index (χ4n) is 2.45. The molecule has 144 valence electrons. The van der Waals surface area contributed by atoms with Crippen molar-refractivity contribution in [2.24, 2.45) is 0 Å². The molecule has 0 spiro atoms. The number of nitro benzene ring substituents is 1. The fraction of sp³-hybridized carbons (Fsp3) is 0.500. The van der Waals surface area contributed by atoms with Gasteiger partial charge in [0.05, 0.1) is 11.5 Å². The van der Waals surface area contributed by atoms with Crippen molar-refractivity contribution in [3.05, 3.63) is 33.9 Å². The summed E-state index contributed by atoms with van der Waals surface area (Å²) < 4.78 is 38.0. The van der Waals surface area contributed by atoms with Crippen LogP contribution in [0.3, 0.4) is 0 Å². The lowest BCUT2D eigenvalue weighted by Gasteiger charge is -2.42. The number of nitrogens with one attached hydrogen (secondary N) is 1. The quantitative estimate of drug-likeness (QED) is 0.384. The van der Waals surface area contributed by atoms with Crippen LogP contribution >= 0.6 is 0 Å². The largest absolute Gasteiger partial charge is 0.459 e. The van der Waals surface area contributed by atoms with Gasteiger partial charge in [-0.2, -0.15) is 8.78 Å². The minimum atomic E-state index is -1.77. The standard InChI is InChI=1S/C14H16F2N2O8/c1-5(20)17-11-13(22)12(21)8(4-19)26-14(11)25-7-3-2-6(18(23)24)9(15)10(7)16/h2-3,8,11-14,19,21-22H,4H2,1H3,(H,17,20)/t8-,11-,12-,13-,14-/m1/s1. The lowest BCUT2D eigenvalue weighted by Crippen LogP contribution is -2.65. The molecule has 1 aliphatic heterocycles. The Morgan fingerprint density at radius 1 is 1.35 bits per heavy atom. The normalized spacial score (nSPS) is 28.5. The van der Waals surface area contributed by atoms with Crippen LogP contribution in [0.25, 0.3) is 0 Å². The second-order valence-corrected chi connectivity index (χ2v) is 5.52. The number of hydrogen-bond donors (Lipinski definition) is 4. The van der Waals surface area contributed by atoms with E-state index in [0.717, 1.165) is 13.0 Å². The van der Waals surface area contributed by atoms with E-state index in [1.54, 1.807) is 0 Å². The topological polar surface area (TPSA) is 151 Å². The molecule has 1 aromatic carbocycles. The molecule has 0 unspecified atom stereocenters. The lowest BCUT2D eigenvalue weighted by atomic mass is 9.97. The number of aliphatic hydroxyl groups is 3. The summed E-state index contributed by atoms with van der Waals surface area (Å²) in [5.74, 6) is -4.87. The van der Waals surface area contributed by atoms with E-state index in [1.165, 1.54) is 0 Å². The number of rotatable bonds is 5. The van der Waals surface area contributed by atoms with Gasteiger partial charge in [-0.1, -0.05) is 0 Å². The summed E-state index contributed by atoms with van der Waals surface area (Å²) in [7, 11) is 0. The van der Waals surface area contributed by atoms with Crippen LogP contribution in [-0.4, -0.2) is 63.4 Å². The number of ether oxygens (including phenoxy) is 2. The van der Waals surface area contributed by atoms with Gasteiger partial charge < -0.3 is 30.1 Å². The molecule has 1 aromatic rings. The molecule has 4 N–H and O–H groups in total. The van der Waals surface area contributed by atoms with Gasteiger partial charge in [0.2, 0.25) is 23.8 Å². The van der Waals surface area contributed by atoms with Gasteiger partial charge in [0.15, 0.2) is 5.75 Å². The molecular formula is C14H16F2N2O8. The van der Waals surface area contributed by atoms with Crippen LogP contribution in [0.4, 0.5) is 14.5 Å². The molecular weight excluding hydrogens is 362 g/mol. The van der Waals surface area contributed by atoms with Crippen molar-refractivity contribution in [3.63, 3.8) is 0 Å². The smallest absolute Gasteiger partial charge is 0.308 e. The minimum Gasteiger partial charge on any atom is -0.459 e. The molecule has 12 heteroatoms. The Morgan fingerprint density at radius 2 is 2.00 bits per heavy atom. The van der Waals surface area contributed by atoms with Crippen LogP contribution in [0.1, 0.15) is 6.92 Å². The van der Waals surface area contributed by atoms with E-state index >= 15 is 0 Å². The first-order valence-corrected chi connectivity index (χ1v) is 7.36. The zero-order valence-corrected chi connectivity index (χ0v) is 13.3. The van der Waals surface area contributed by atoms with Crippen molar-refractivity contribution < 1.29 is 43.3 Å². The number of carbonyl (C=O) groups excluding carboxylic acids is 1. The van der Waals surface area contributed by atoms with Crippen molar-refractivity contribution in [1.82, 2.24) is 5.32 Å². The Bertz CT molecular complexity index is 704. The van der Waals surface area contributed by atoms with E-state index in [-0.39, 0.29) is 0 Å². The van der Waals surface area contributed by atoms with Crippen molar-refractivity contribution in [2.75, 3.05) is 6.61 Å². The van der Waals surface area contributed by atoms with Crippen molar-refractivity contribution in [1.29, 1.82) is 0 Å². The van der Waals surface area contributed by atoms with Gasteiger partial charge in [-0.3, -0.25) is 14.9 Å². The first-order chi connectivity index (χ1) is 12.2. The lowest BCUT2D eigenvalue weighted by molar-refractivity contribution is -0.387. The third-order valence-corrected chi connectivity index (χ3v) is 3.72. The highest BCUT2D eigenvalue weighted by molar-refractivity contribution is 5.73. The van der Waals surface area contributed by atoms with Gasteiger partial charge in [0.25, 0.3) is 0 Å². The SMILES string of the molecule is CC(=O)N[C@H]1[C@H](Oc2ccc([N+](=O)[O-])c(F)c2F)O[C@H](CO)[C@@H](O)[C@@H]1O. The average Bonchev–Trinajstić information content (AvgIpc) is 2.57. The second-order valence-electron chi connectivity index (χ2n) is 5.52. The van der Waals surface area contributed by atoms with Crippen LogP contribution < -0.4 is 10.1 Å². The highest BCUT2D eigenvalue weighted by atomic mass is 19.2. The number of hydrogen-bond acceptors (Lipinski definition) is 8. The van der Waals surface area contributed by atoms with Gasteiger partial charge >= 0.3 is 5.69 Å². The number of nitrogens with zero attached hydrogens (tertiary/aromatic N) is 1. The van der Waals surface area contributed by atoms with Crippen molar-refractivity contribution >= 4 is 11.6 Å². The first-order valence-electron chi connectivity index (χ1n) is 7.36. The monoisotopic (exact) mass is 378 g/mol. The van der Waals surface area contributed by atoms with Crippen LogP contribution in [0.5, 0.6) is 5.75 Å². The zero-order valence-electron chi connectivity index (χ0n) is 13.3. The molecule has 10 nitrogen and oxygen atoms in total. The molecule has 1 amide bonds. The molecule has 26 heavy (non-hydrogen) atoms. The summed E-state index contributed by atoms with van der Waals surface area (Å²) in [4.78, 5) is 20.8. The summed E-state index contributed by atoms with van der Waals surface area (Å²) >= 11 is 0. The minimum absolute atomic E-state index is 0.642. The maximum Gasteiger partial charge on any atom is 0.308 e. The highest BCUT2D eigenvalue weighted by Crippen LogP contribution is 2.30. The Labute approximate surface area is 145 Å². The number of nitro groups is 1. The van der Waals surface area contributed by atoms with E-state index in [4.69, 9.17) is 9.47 Å². The maximum atomic E-state index is 14.0. The summed E-state index contributed by atoms with van der Waals surface area (Å²) in [6.45, 7) is 0.363. The van der Waals surface area contributed by atoms with Gasteiger partial charge in [0, 0.05) is 13.0 Å². The van der Waals surface area contributed by atoms with E-state index in [2.05, 4.69) is 5.32 Å². The van der Waals surface area contributed by atoms with E-state index in [1.807, 2.05) is 0 Å². The van der Waals surface area contributed by atoms with Crippen LogP contribution in [0.15, 0.2) is 12.1 Å². The maximum absolute atomic E-state index is 14.0. The van der Waals surface area contributed by atoms with E-state index in [0.29, 0.717) is 6.07 Å². The van der Waals surface area contributed by atoms with E-state index < -0.39 is 71.2 Å². The molecule has 0 aromatic heterocycles. The summed E-state index contributed by atoms with van der Waals surface area (Å²) in [5.41, 5.74) is -1.11. The number of carbonyl (C=O) groups is 1. The Morgan fingerprint density at radius 3 is 2.54 bits per heavy atom. The number of aliphatic hydroxyl groups excluding tert-OH is 3. The number of amides is 1. The number of halogens is 2. The molecule has 0 radical (unpaired) electrons. The molecule has 0 aliphatic carbocycles. The third-order valence-electron chi connectivity index (χ3n) is 3.72. The van der Waals surface area contributed by atoms with Crippen LogP contribution in [0, 0.1) is 21.7 Å². The van der Waals surface area contributed by atoms with Crippen molar-refractivity contribution in [3.8, 4) is 5.75 Å². The third kappa shape index (κ3) is 3.88. The molecule has 0 bridgehead atoms. The molecule has 1 aliphatic rings. The highest BCUT2D eigenvalue weighted by Gasteiger charge is 2.46. The van der Waals surface area contributed by atoms with Gasteiger partial charge in [-0.05, 0) is 6.07 Å². The molecule has 5 atom stereocenters. The van der Waals surface area contributed by atoms with Gasteiger partial charge in [-0.15, -0.1) is 0 Å². The molecule has 1 heterocycles. The van der Waals surface area contributed by atoms with E-state index in [9.17, 15) is 39.0 Å². The van der Waals surface area contributed by atoms with Gasteiger partial charge in [-0.25, -0.2) is 0 Å². The predicted octanol–water partition coefficient (Wildman–Crippen LogP) is -0.805. The predicted molar refractivity (Wildman–Crippen MR) is 79.0 cm³/mol. The molecule has 0 saturated carbocycles. The zero-order chi connectivity index (χ0) is 19.6. The Kier molecular flexibility index (Phi) is 6.02. The molecule has 2 rings (SSSR count). The fourth-order valence-corrected chi connectivity index (χ4v) is 2.45. The average molecular weight is 378 g/mol. The number of benzene rings is 1. The summed E-state index contributed by atoms with van der Waals surface area (Å²) in [6.07, 6.45) is -6.19. The first kappa shape index (κ1) is 19.9. The second kappa shape index (κ2) is 7.86. The summed E-state index contributed by atoms with van der Waals surface area (Å²) in [6, 6.07) is 0.0532. The summed E-state index contributed by atoms with van der Waals surface area (Å²) in [5, 5.41) is 42.0. The van der Waals surface area contributed by atoms with Crippen LogP contribution in [-0.2, 0) is 9.53 Å². The van der Waals surface area contributed by atoms with Crippen LogP contribution in [0.2, 0.25) is 0 Å².